The number of fused-ring (bicyclic) bond motifs is 2. The highest BCUT2D eigenvalue weighted by molar-refractivity contribution is 6.27. The van der Waals surface area contributed by atoms with Crippen molar-refractivity contribution in [2.75, 3.05) is 49.1 Å². The van der Waals surface area contributed by atoms with Crippen molar-refractivity contribution in [1.82, 2.24) is 4.90 Å². The van der Waals surface area contributed by atoms with Gasteiger partial charge in [0.1, 0.15) is 0 Å². The van der Waals surface area contributed by atoms with Gasteiger partial charge in [-0.15, -0.1) is 0 Å². The predicted molar refractivity (Wildman–Crippen MR) is 140 cm³/mol. The van der Waals surface area contributed by atoms with E-state index in [-0.39, 0.29) is 5.91 Å². The van der Waals surface area contributed by atoms with Crippen molar-refractivity contribution in [3.05, 3.63) is 72.3 Å². The Bertz CT molecular complexity index is 1220. The van der Waals surface area contributed by atoms with Gasteiger partial charge in [0, 0.05) is 50.5 Å². The van der Waals surface area contributed by atoms with Crippen molar-refractivity contribution >= 4 is 40.0 Å². The quantitative estimate of drug-likeness (QED) is 0.529. The highest BCUT2D eigenvalue weighted by Crippen LogP contribution is 2.28. The van der Waals surface area contributed by atoms with E-state index < -0.39 is 11.9 Å². The number of amides is 1. The number of nitrogens with zero attached hydrogens (tertiary/aromatic N) is 3. The van der Waals surface area contributed by atoms with Crippen LogP contribution in [0.5, 0.6) is 0 Å². The van der Waals surface area contributed by atoms with Gasteiger partial charge in [-0.05, 0) is 53.9 Å². The van der Waals surface area contributed by atoms with Crippen LogP contribution in [-0.2, 0) is 20.8 Å². The van der Waals surface area contributed by atoms with Crippen LogP contribution in [-0.4, -0.2) is 72.2 Å². The molecule has 0 aromatic heterocycles. The van der Waals surface area contributed by atoms with Crippen LogP contribution in [0.3, 0.4) is 0 Å². The van der Waals surface area contributed by atoms with Gasteiger partial charge in [-0.1, -0.05) is 48.5 Å². The summed E-state index contributed by atoms with van der Waals surface area (Å²) in [4.78, 5) is 37.7. The lowest BCUT2D eigenvalue weighted by Gasteiger charge is -2.37. The summed E-state index contributed by atoms with van der Waals surface area (Å²) in [5.41, 5.74) is 3.75. The summed E-state index contributed by atoms with van der Waals surface area (Å²) >= 11 is 0. The summed E-state index contributed by atoms with van der Waals surface area (Å²) in [7, 11) is 0. The fourth-order valence-electron chi connectivity index (χ4n) is 4.80. The van der Waals surface area contributed by atoms with Crippen LogP contribution in [0.1, 0.15) is 18.4 Å². The number of hydrogen-bond donors (Lipinski definition) is 2. The van der Waals surface area contributed by atoms with Gasteiger partial charge in [0.25, 0.3) is 0 Å². The van der Waals surface area contributed by atoms with Crippen molar-refractivity contribution in [3.8, 4) is 0 Å². The van der Waals surface area contributed by atoms with Crippen LogP contribution < -0.4 is 9.80 Å². The molecule has 8 heteroatoms. The normalized spacial score (nSPS) is 15.7. The van der Waals surface area contributed by atoms with Crippen LogP contribution in [0.4, 0.5) is 11.4 Å². The van der Waals surface area contributed by atoms with Gasteiger partial charge in [0.05, 0.1) is 0 Å². The van der Waals surface area contributed by atoms with Crippen LogP contribution in [0.25, 0.3) is 10.8 Å². The number of carboxylic acid groups (broad SMARTS) is 2. The van der Waals surface area contributed by atoms with Crippen molar-refractivity contribution in [2.45, 2.75) is 19.3 Å². The van der Waals surface area contributed by atoms with E-state index in [4.69, 9.17) is 19.8 Å². The van der Waals surface area contributed by atoms with E-state index in [0.29, 0.717) is 6.42 Å². The van der Waals surface area contributed by atoms with Crippen molar-refractivity contribution < 1.29 is 24.6 Å². The monoisotopic (exact) mass is 489 g/mol. The Morgan fingerprint density at radius 1 is 0.750 bits per heavy atom. The van der Waals surface area contributed by atoms with Crippen LogP contribution >= 0.6 is 0 Å². The molecule has 2 aliphatic heterocycles. The van der Waals surface area contributed by atoms with E-state index in [1.165, 1.54) is 22.0 Å². The Morgan fingerprint density at radius 2 is 1.42 bits per heavy atom. The summed E-state index contributed by atoms with van der Waals surface area (Å²) in [6.07, 6.45) is 2.54. The van der Waals surface area contributed by atoms with E-state index in [1.807, 2.05) is 11.0 Å². The Kier molecular flexibility index (Phi) is 8.17. The topological polar surface area (TPSA) is 101 Å². The van der Waals surface area contributed by atoms with Gasteiger partial charge in [0.2, 0.25) is 5.91 Å². The summed E-state index contributed by atoms with van der Waals surface area (Å²) in [5, 5.41) is 17.4. The zero-order valence-corrected chi connectivity index (χ0v) is 20.2. The lowest BCUT2D eigenvalue weighted by Crippen LogP contribution is -2.47. The third-order valence-corrected chi connectivity index (χ3v) is 6.70. The first kappa shape index (κ1) is 25.2. The number of carbonyl (C=O) groups is 3. The van der Waals surface area contributed by atoms with Gasteiger partial charge >= 0.3 is 11.9 Å². The fraction of sp³-hybridized carbons (Fsp3) is 0.321. The average Bonchev–Trinajstić information content (AvgIpc) is 2.90. The molecule has 2 heterocycles. The molecule has 2 aliphatic rings. The number of piperazine rings is 1. The van der Waals surface area contributed by atoms with Crippen molar-refractivity contribution in [2.24, 2.45) is 0 Å². The number of aryl methyl sites for hydroxylation is 1. The van der Waals surface area contributed by atoms with Gasteiger partial charge in [-0.3, -0.25) is 9.69 Å². The van der Waals surface area contributed by atoms with Gasteiger partial charge < -0.3 is 20.0 Å². The summed E-state index contributed by atoms with van der Waals surface area (Å²) in [6, 6.07) is 23.7. The minimum atomic E-state index is -1.82. The molecular formula is C28H31N3O5. The number of rotatable bonds is 5. The Morgan fingerprint density at radius 3 is 2.14 bits per heavy atom. The Hall–Kier alpha value is -3.91. The lowest BCUT2D eigenvalue weighted by molar-refractivity contribution is -0.159. The molecule has 3 aromatic carbocycles. The molecule has 0 spiro atoms. The molecule has 0 unspecified atom stereocenters. The maximum atomic E-state index is 12.4. The third kappa shape index (κ3) is 6.20. The molecule has 0 aliphatic carbocycles. The second-order valence-electron chi connectivity index (χ2n) is 9.00. The molecule has 8 nitrogen and oxygen atoms in total. The van der Waals surface area contributed by atoms with E-state index >= 15 is 0 Å². The fourth-order valence-corrected chi connectivity index (χ4v) is 4.80. The molecule has 3 aromatic rings. The molecule has 5 rings (SSSR count). The largest absolute Gasteiger partial charge is 0.473 e. The number of carbonyl (C=O) groups excluding carboxylic acids is 1. The van der Waals surface area contributed by atoms with E-state index in [2.05, 4.69) is 70.5 Å². The van der Waals surface area contributed by atoms with Gasteiger partial charge in [0.15, 0.2) is 0 Å². The van der Waals surface area contributed by atoms with Crippen LogP contribution in [0.2, 0.25) is 0 Å². The second kappa shape index (κ2) is 11.7. The molecule has 1 fully saturated rings. The molecule has 2 N–H and O–H groups in total. The zero-order chi connectivity index (χ0) is 25.5. The molecule has 0 saturated carbocycles. The predicted octanol–water partition coefficient (Wildman–Crippen LogP) is 3.49. The number of hydrogen-bond acceptors (Lipinski definition) is 5. The molecule has 1 amide bonds. The lowest BCUT2D eigenvalue weighted by atomic mass is 10.0. The smallest absolute Gasteiger partial charge is 0.414 e. The zero-order valence-electron chi connectivity index (χ0n) is 20.2. The number of anilines is 2. The summed E-state index contributed by atoms with van der Waals surface area (Å²) < 4.78 is 0. The summed E-state index contributed by atoms with van der Waals surface area (Å²) in [6.45, 7) is 6.15. The van der Waals surface area contributed by atoms with Crippen LogP contribution in [0.15, 0.2) is 66.7 Å². The molecule has 0 atom stereocenters. The Labute approximate surface area is 210 Å². The first-order valence-electron chi connectivity index (χ1n) is 12.2. The van der Waals surface area contributed by atoms with E-state index in [9.17, 15) is 4.79 Å². The van der Waals surface area contributed by atoms with Crippen molar-refractivity contribution in [1.29, 1.82) is 0 Å². The number of aliphatic carboxylic acids is 2. The number of para-hydroxylation sites is 1. The van der Waals surface area contributed by atoms with Gasteiger partial charge in [-0.2, -0.15) is 0 Å². The Balaban J connectivity index is 0.000000455. The molecule has 0 bridgehead atoms. The number of carboxylic acids is 2. The van der Waals surface area contributed by atoms with Gasteiger partial charge in [-0.25, -0.2) is 9.59 Å². The molecule has 36 heavy (non-hydrogen) atoms. The first-order valence-corrected chi connectivity index (χ1v) is 12.2. The SMILES string of the molecule is O=C(O)C(=O)O.O=C1CCc2ccccc2N1CCCN1CCN(c2ccc3ccccc3c2)CC1. The number of benzene rings is 3. The van der Waals surface area contributed by atoms with Crippen molar-refractivity contribution in [3.63, 3.8) is 0 Å². The molecule has 188 valence electrons. The molecule has 0 radical (unpaired) electrons. The second-order valence-corrected chi connectivity index (χ2v) is 9.00. The first-order chi connectivity index (χ1) is 17.4. The minimum Gasteiger partial charge on any atom is -0.473 e. The third-order valence-electron chi connectivity index (χ3n) is 6.70. The average molecular weight is 490 g/mol. The van der Waals surface area contributed by atoms with E-state index in [0.717, 1.165) is 57.8 Å². The maximum Gasteiger partial charge on any atom is 0.414 e. The minimum absolute atomic E-state index is 0.273. The standard InChI is InChI=1S/C26H29N3O.C2H2O4/c30-26-13-11-22-7-3-4-9-25(22)29(26)15-5-14-27-16-18-28(19-17-27)24-12-10-21-6-1-2-8-23(21)20-24;3-1(4)2(5)6/h1-4,6-10,12,20H,5,11,13-19H2;(H,3,4)(H,5,6). The molecule has 1 saturated heterocycles. The molecular weight excluding hydrogens is 458 g/mol. The highest BCUT2D eigenvalue weighted by atomic mass is 16.4. The highest BCUT2D eigenvalue weighted by Gasteiger charge is 2.24. The summed E-state index contributed by atoms with van der Waals surface area (Å²) in [5.74, 6) is -3.38. The van der Waals surface area contributed by atoms with Crippen LogP contribution in [0, 0.1) is 0 Å². The van der Waals surface area contributed by atoms with E-state index in [1.54, 1.807) is 0 Å². The maximum absolute atomic E-state index is 12.4.